The topological polar surface area (TPSA) is 88.2 Å². The molecule has 0 spiro atoms. The minimum Gasteiger partial charge on any atom is -0.384 e. The Hall–Kier alpha value is -1.63. The Bertz CT molecular complexity index is 630. The normalized spacial score (nSPS) is 23.7. The Labute approximate surface area is 125 Å². The van der Waals surface area contributed by atoms with Gasteiger partial charge in [0.1, 0.15) is 0 Å². The van der Waals surface area contributed by atoms with Gasteiger partial charge >= 0.3 is 0 Å². The molecule has 116 valence electrons. The minimum atomic E-state index is -3.05. The first-order valence-electron chi connectivity index (χ1n) is 7.06. The molecular formula is C14H21N3O3S. The molecular weight excluding hydrogens is 290 g/mol. The highest BCUT2D eigenvalue weighted by molar-refractivity contribution is 7.91. The van der Waals surface area contributed by atoms with Gasteiger partial charge in [-0.15, -0.1) is 0 Å². The van der Waals surface area contributed by atoms with Crippen LogP contribution in [0.2, 0.25) is 0 Å². The molecule has 1 aromatic heterocycles. The third-order valence-corrected chi connectivity index (χ3v) is 5.45. The number of pyridine rings is 1. The lowest BCUT2D eigenvalue weighted by molar-refractivity contribution is 0.0916. The summed E-state index contributed by atoms with van der Waals surface area (Å²) in [5.74, 6) is -0.178. The van der Waals surface area contributed by atoms with Crippen molar-refractivity contribution in [2.45, 2.75) is 32.2 Å². The molecule has 1 fully saturated rings. The van der Waals surface area contributed by atoms with Crippen LogP contribution < -0.4 is 10.6 Å². The van der Waals surface area contributed by atoms with Gasteiger partial charge in [0.25, 0.3) is 5.91 Å². The summed E-state index contributed by atoms with van der Waals surface area (Å²) >= 11 is 0. The Morgan fingerprint density at radius 1 is 1.48 bits per heavy atom. The SMILES string of the molecule is CCCNc1ccncc1C(=O)NC1(C)CCS(=O)(=O)C1. The van der Waals surface area contributed by atoms with Crippen molar-refractivity contribution in [3.8, 4) is 0 Å². The molecule has 0 aliphatic carbocycles. The van der Waals surface area contributed by atoms with E-state index < -0.39 is 15.4 Å². The second-order valence-corrected chi connectivity index (χ2v) is 7.89. The molecule has 0 aromatic carbocycles. The highest BCUT2D eigenvalue weighted by Crippen LogP contribution is 2.24. The maximum atomic E-state index is 12.4. The van der Waals surface area contributed by atoms with Crippen LogP contribution in [0.1, 0.15) is 37.0 Å². The third kappa shape index (κ3) is 3.93. The van der Waals surface area contributed by atoms with Crippen molar-refractivity contribution >= 4 is 21.4 Å². The van der Waals surface area contributed by atoms with Crippen LogP contribution in [0.15, 0.2) is 18.5 Å². The first kappa shape index (κ1) is 15.8. The Kier molecular flexibility index (Phi) is 4.51. The van der Waals surface area contributed by atoms with Crippen molar-refractivity contribution in [2.24, 2.45) is 0 Å². The van der Waals surface area contributed by atoms with Crippen molar-refractivity contribution in [2.75, 3.05) is 23.4 Å². The number of amides is 1. The number of hydrogen-bond donors (Lipinski definition) is 2. The van der Waals surface area contributed by atoms with Crippen LogP contribution in [-0.2, 0) is 9.84 Å². The number of rotatable bonds is 5. The van der Waals surface area contributed by atoms with Gasteiger partial charge in [0, 0.05) is 18.9 Å². The van der Waals surface area contributed by atoms with Crippen LogP contribution in [0, 0.1) is 0 Å². The number of carbonyl (C=O) groups excluding carboxylic acids is 1. The molecule has 1 aromatic rings. The lowest BCUT2D eigenvalue weighted by Gasteiger charge is -2.24. The molecule has 1 saturated heterocycles. The fourth-order valence-electron chi connectivity index (χ4n) is 2.44. The first-order valence-corrected chi connectivity index (χ1v) is 8.88. The Morgan fingerprint density at radius 2 is 2.24 bits per heavy atom. The predicted octanol–water partition coefficient (Wildman–Crippen LogP) is 1.21. The summed E-state index contributed by atoms with van der Waals surface area (Å²) in [6.45, 7) is 4.57. The van der Waals surface area contributed by atoms with Crippen LogP contribution in [0.5, 0.6) is 0 Å². The van der Waals surface area contributed by atoms with Crippen molar-refractivity contribution in [1.29, 1.82) is 0 Å². The van der Waals surface area contributed by atoms with E-state index in [-0.39, 0.29) is 17.4 Å². The van der Waals surface area contributed by atoms with E-state index >= 15 is 0 Å². The second kappa shape index (κ2) is 6.01. The maximum Gasteiger partial charge on any atom is 0.255 e. The van der Waals surface area contributed by atoms with E-state index in [9.17, 15) is 13.2 Å². The average molecular weight is 311 g/mol. The maximum absolute atomic E-state index is 12.4. The van der Waals surface area contributed by atoms with Gasteiger partial charge < -0.3 is 10.6 Å². The van der Waals surface area contributed by atoms with Gasteiger partial charge in [-0.25, -0.2) is 8.42 Å². The molecule has 7 heteroatoms. The molecule has 1 atom stereocenters. The van der Waals surface area contributed by atoms with Crippen molar-refractivity contribution < 1.29 is 13.2 Å². The van der Waals surface area contributed by atoms with Crippen LogP contribution in [-0.4, -0.2) is 42.9 Å². The van der Waals surface area contributed by atoms with Gasteiger partial charge in [0.2, 0.25) is 0 Å². The molecule has 2 N–H and O–H groups in total. The summed E-state index contributed by atoms with van der Waals surface area (Å²) in [7, 11) is -3.05. The lowest BCUT2D eigenvalue weighted by atomic mass is 10.0. The zero-order chi connectivity index (χ0) is 15.5. The molecule has 0 bridgehead atoms. The molecule has 1 aliphatic rings. The van der Waals surface area contributed by atoms with Gasteiger partial charge in [-0.2, -0.15) is 0 Å². The van der Waals surface area contributed by atoms with E-state index in [1.165, 1.54) is 6.20 Å². The summed E-state index contributed by atoms with van der Waals surface area (Å²) in [6, 6.07) is 1.75. The van der Waals surface area contributed by atoms with Crippen LogP contribution >= 0.6 is 0 Å². The number of anilines is 1. The summed E-state index contributed by atoms with van der Waals surface area (Å²) in [5, 5.41) is 6.02. The predicted molar refractivity (Wildman–Crippen MR) is 82.2 cm³/mol. The molecule has 0 saturated carbocycles. The smallest absolute Gasteiger partial charge is 0.255 e. The van der Waals surface area contributed by atoms with Gasteiger partial charge in [0.15, 0.2) is 9.84 Å². The van der Waals surface area contributed by atoms with E-state index in [1.54, 1.807) is 19.2 Å². The third-order valence-electron chi connectivity index (χ3n) is 3.55. The fourth-order valence-corrected chi connectivity index (χ4v) is 4.53. The van der Waals surface area contributed by atoms with Crippen molar-refractivity contribution in [3.63, 3.8) is 0 Å². The molecule has 6 nitrogen and oxygen atoms in total. The Morgan fingerprint density at radius 3 is 2.86 bits per heavy atom. The molecule has 2 rings (SSSR count). The number of hydrogen-bond acceptors (Lipinski definition) is 5. The molecule has 2 heterocycles. The fraction of sp³-hybridized carbons (Fsp3) is 0.571. The number of sulfone groups is 1. The number of carbonyl (C=O) groups is 1. The second-order valence-electron chi connectivity index (χ2n) is 5.70. The standard InChI is InChI=1S/C14H21N3O3S/c1-3-6-16-12-4-7-15-9-11(12)13(18)17-14(2)5-8-21(19,20)10-14/h4,7,9H,3,5-6,8,10H2,1-2H3,(H,15,16)(H,17,18). The van der Waals surface area contributed by atoms with Gasteiger partial charge in [-0.1, -0.05) is 6.92 Å². The number of nitrogens with one attached hydrogen (secondary N) is 2. The number of nitrogens with zero attached hydrogens (tertiary/aromatic N) is 1. The monoisotopic (exact) mass is 311 g/mol. The van der Waals surface area contributed by atoms with E-state index in [2.05, 4.69) is 15.6 Å². The first-order chi connectivity index (χ1) is 9.85. The molecule has 1 amide bonds. The van der Waals surface area contributed by atoms with E-state index in [1.807, 2.05) is 6.92 Å². The molecule has 0 radical (unpaired) electrons. The minimum absolute atomic E-state index is 0.0102. The number of aromatic nitrogens is 1. The van der Waals surface area contributed by atoms with Crippen molar-refractivity contribution in [1.82, 2.24) is 10.3 Å². The summed E-state index contributed by atoms with van der Waals surface area (Å²) in [5.41, 5.74) is 0.457. The molecule has 21 heavy (non-hydrogen) atoms. The summed E-state index contributed by atoms with van der Waals surface area (Å²) < 4.78 is 23.2. The zero-order valence-corrected chi connectivity index (χ0v) is 13.2. The quantitative estimate of drug-likeness (QED) is 0.853. The largest absolute Gasteiger partial charge is 0.384 e. The van der Waals surface area contributed by atoms with Crippen LogP contribution in [0.25, 0.3) is 0 Å². The van der Waals surface area contributed by atoms with Crippen molar-refractivity contribution in [3.05, 3.63) is 24.0 Å². The van der Waals surface area contributed by atoms with E-state index in [4.69, 9.17) is 0 Å². The molecule has 1 unspecified atom stereocenters. The van der Waals surface area contributed by atoms with Gasteiger partial charge in [-0.05, 0) is 25.8 Å². The highest BCUT2D eigenvalue weighted by atomic mass is 32.2. The highest BCUT2D eigenvalue weighted by Gasteiger charge is 2.39. The lowest BCUT2D eigenvalue weighted by Crippen LogP contribution is -2.47. The van der Waals surface area contributed by atoms with Gasteiger partial charge in [0.05, 0.1) is 28.3 Å². The summed E-state index contributed by atoms with van der Waals surface area (Å²) in [4.78, 5) is 16.4. The zero-order valence-electron chi connectivity index (χ0n) is 12.3. The Balaban J connectivity index is 2.14. The van der Waals surface area contributed by atoms with Crippen LogP contribution in [0.4, 0.5) is 5.69 Å². The van der Waals surface area contributed by atoms with Crippen LogP contribution in [0.3, 0.4) is 0 Å². The summed E-state index contributed by atoms with van der Waals surface area (Å²) in [6.07, 6.45) is 4.51. The van der Waals surface area contributed by atoms with E-state index in [0.29, 0.717) is 17.7 Å². The molecule has 1 aliphatic heterocycles. The van der Waals surface area contributed by atoms with E-state index in [0.717, 1.165) is 13.0 Å². The average Bonchev–Trinajstić information content (AvgIpc) is 2.70. The van der Waals surface area contributed by atoms with Gasteiger partial charge in [-0.3, -0.25) is 9.78 Å².